The summed E-state index contributed by atoms with van der Waals surface area (Å²) in [7, 11) is 0. The van der Waals surface area contributed by atoms with E-state index in [0.29, 0.717) is 10.9 Å². The predicted molar refractivity (Wildman–Crippen MR) is 93.4 cm³/mol. The normalized spacial score (nSPS) is 17.6. The van der Waals surface area contributed by atoms with Gasteiger partial charge in [0.25, 0.3) is 0 Å². The second kappa shape index (κ2) is 7.79. The van der Waals surface area contributed by atoms with Crippen LogP contribution in [0, 0.1) is 11.7 Å². The average Bonchev–Trinajstić information content (AvgIpc) is 2.47. The molecule has 0 unspecified atom stereocenters. The molecule has 1 aromatic carbocycles. The van der Waals surface area contributed by atoms with Crippen molar-refractivity contribution >= 4 is 11.6 Å². The molecular weight excluding hydrogens is 297 g/mol. The molecule has 1 aromatic rings. The molecule has 1 fully saturated rings. The smallest absolute Gasteiger partial charge is 0.127 e. The molecule has 0 aromatic heterocycles. The number of piperidine rings is 1. The molecule has 0 bridgehead atoms. The molecule has 0 aliphatic carbocycles. The maximum Gasteiger partial charge on any atom is 0.127 e. The Balaban J connectivity index is 2.01. The Bertz CT molecular complexity index is 490. The highest BCUT2D eigenvalue weighted by atomic mass is 35.5. The van der Waals surface area contributed by atoms with E-state index in [4.69, 9.17) is 11.6 Å². The van der Waals surface area contributed by atoms with Gasteiger partial charge >= 0.3 is 0 Å². The number of hydrogen-bond donors (Lipinski definition) is 0. The molecule has 0 N–H and O–H groups in total. The number of rotatable bonds is 5. The van der Waals surface area contributed by atoms with Crippen molar-refractivity contribution in [2.24, 2.45) is 5.92 Å². The fraction of sp³-hybridized carbons (Fsp3) is 0.684. The molecule has 1 aliphatic rings. The first kappa shape index (κ1) is 17.7. The molecule has 1 saturated heterocycles. The lowest BCUT2D eigenvalue weighted by molar-refractivity contribution is 0.201. The van der Waals surface area contributed by atoms with E-state index in [9.17, 15) is 4.39 Å². The average molecular weight is 326 g/mol. The monoisotopic (exact) mass is 325 g/mol. The van der Waals surface area contributed by atoms with Crippen LogP contribution in [0.15, 0.2) is 12.1 Å². The van der Waals surface area contributed by atoms with Crippen molar-refractivity contribution < 1.29 is 4.39 Å². The van der Waals surface area contributed by atoms with Crippen molar-refractivity contribution in [3.8, 4) is 0 Å². The molecule has 0 saturated carbocycles. The second-order valence-electron chi connectivity index (χ2n) is 7.35. The minimum absolute atomic E-state index is 0.0752. The third-order valence-corrected chi connectivity index (χ3v) is 5.12. The molecule has 0 amide bonds. The number of benzene rings is 1. The lowest BCUT2D eigenvalue weighted by Crippen LogP contribution is -2.34. The second-order valence-corrected chi connectivity index (χ2v) is 7.76. The summed E-state index contributed by atoms with van der Waals surface area (Å²) in [4.78, 5) is 2.51. The number of halogens is 2. The minimum atomic E-state index is -0.0752. The van der Waals surface area contributed by atoms with Crippen LogP contribution >= 0.6 is 11.6 Å². The van der Waals surface area contributed by atoms with Gasteiger partial charge in [0.15, 0.2) is 0 Å². The Morgan fingerprint density at radius 3 is 2.36 bits per heavy atom. The van der Waals surface area contributed by atoms with E-state index in [0.717, 1.165) is 43.0 Å². The van der Waals surface area contributed by atoms with Crippen LogP contribution in [-0.2, 0) is 0 Å². The molecule has 1 heterocycles. The van der Waals surface area contributed by atoms with E-state index < -0.39 is 0 Å². The van der Waals surface area contributed by atoms with Gasteiger partial charge in [-0.15, -0.1) is 0 Å². The molecule has 0 atom stereocenters. The van der Waals surface area contributed by atoms with Crippen LogP contribution in [0.5, 0.6) is 0 Å². The van der Waals surface area contributed by atoms with Gasteiger partial charge in [-0.2, -0.15) is 0 Å². The Morgan fingerprint density at radius 2 is 1.82 bits per heavy atom. The van der Waals surface area contributed by atoms with Gasteiger partial charge in [0.2, 0.25) is 0 Å². The molecule has 1 nitrogen and oxygen atoms in total. The molecule has 3 heteroatoms. The van der Waals surface area contributed by atoms with Crippen LogP contribution in [0.4, 0.5) is 4.39 Å². The Hall–Kier alpha value is -0.600. The van der Waals surface area contributed by atoms with Crippen molar-refractivity contribution in [3.63, 3.8) is 0 Å². The van der Waals surface area contributed by atoms with Crippen LogP contribution in [0.3, 0.4) is 0 Å². The Kier molecular flexibility index (Phi) is 6.28. The maximum atomic E-state index is 14.5. The van der Waals surface area contributed by atoms with Crippen LogP contribution in [0.25, 0.3) is 0 Å². The third-order valence-electron chi connectivity index (χ3n) is 4.79. The molecule has 0 radical (unpaired) electrons. The zero-order valence-corrected chi connectivity index (χ0v) is 15.1. The molecule has 1 aliphatic heterocycles. The summed E-state index contributed by atoms with van der Waals surface area (Å²) in [5.41, 5.74) is 1.73. The first-order chi connectivity index (χ1) is 10.4. The molecule has 0 spiro atoms. The summed E-state index contributed by atoms with van der Waals surface area (Å²) >= 11 is 6.35. The fourth-order valence-corrected chi connectivity index (χ4v) is 3.63. The highest BCUT2D eigenvalue weighted by molar-refractivity contribution is 6.31. The number of nitrogens with zero attached hydrogens (tertiary/aromatic N) is 1. The van der Waals surface area contributed by atoms with Crippen molar-refractivity contribution in [1.82, 2.24) is 4.90 Å². The fourth-order valence-electron chi connectivity index (χ4n) is 3.24. The summed E-state index contributed by atoms with van der Waals surface area (Å²) in [6.45, 7) is 11.9. The number of hydrogen-bond acceptors (Lipinski definition) is 1. The first-order valence-electron chi connectivity index (χ1n) is 8.59. The summed E-state index contributed by atoms with van der Waals surface area (Å²) < 4.78 is 14.5. The van der Waals surface area contributed by atoms with E-state index in [1.165, 1.54) is 13.0 Å². The van der Waals surface area contributed by atoms with Crippen LogP contribution < -0.4 is 0 Å². The van der Waals surface area contributed by atoms with Gasteiger partial charge < -0.3 is 4.90 Å². The zero-order chi connectivity index (χ0) is 16.3. The van der Waals surface area contributed by atoms with E-state index in [2.05, 4.69) is 18.7 Å². The van der Waals surface area contributed by atoms with Gasteiger partial charge in [0.05, 0.1) is 0 Å². The summed E-state index contributed by atoms with van der Waals surface area (Å²) in [5, 5.41) is 0.716. The van der Waals surface area contributed by atoms with E-state index >= 15 is 0 Å². The lowest BCUT2D eigenvalue weighted by atomic mass is 9.87. The zero-order valence-electron chi connectivity index (χ0n) is 14.3. The van der Waals surface area contributed by atoms with Gasteiger partial charge in [0.1, 0.15) is 5.82 Å². The minimum Gasteiger partial charge on any atom is -0.303 e. The lowest BCUT2D eigenvalue weighted by Gasteiger charge is -2.33. The maximum absolute atomic E-state index is 14.5. The van der Waals surface area contributed by atoms with Gasteiger partial charge in [-0.25, -0.2) is 4.39 Å². The summed E-state index contributed by atoms with van der Waals surface area (Å²) in [6, 6.07) is 3.52. The van der Waals surface area contributed by atoms with Crippen molar-refractivity contribution in [2.75, 3.05) is 19.6 Å². The molecular formula is C19H29ClFN. The van der Waals surface area contributed by atoms with E-state index in [1.54, 1.807) is 6.07 Å². The van der Waals surface area contributed by atoms with Gasteiger partial charge in [-0.1, -0.05) is 39.3 Å². The van der Waals surface area contributed by atoms with Gasteiger partial charge in [-0.3, -0.25) is 0 Å². The predicted octanol–water partition coefficient (Wildman–Crippen LogP) is 5.83. The topological polar surface area (TPSA) is 3.24 Å². The Labute approximate surface area is 139 Å². The standard InChI is InChI=1S/C19H29ClFN/c1-13(2)5-8-22-9-6-15(7-10-22)17-11-18(20)16(14(3)4)12-19(17)21/h11-15H,5-10H2,1-4H3. The van der Waals surface area contributed by atoms with Crippen molar-refractivity contribution in [3.05, 3.63) is 34.1 Å². The molecule has 2 rings (SSSR count). The molecule has 124 valence electrons. The highest BCUT2D eigenvalue weighted by Gasteiger charge is 2.24. The first-order valence-corrected chi connectivity index (χ1v) is 8.97. The quantitative estimate of drug-likeness (QED) is 0.658. The van der Waals surface area contributed by atoms with Crippen molar-refractivity contribution in [2.45, 2.75) is 58.8 Å². The highest BCUT2D eigenvalue weighted by Crippen LogP contribution is 2.35. The molecule has 22 heavy (non-hydrogen) atoms. The van der Waals surface area contributed by atoms with Gasteiger partial charge in [-0.05, 0) is 79.9 Å². The SMILES string of the molecule is CC(C)CCN1CCC(c2cc(Cl)c(C(C)C)cc2F)CC1. The van der Waals surface area contributed by atoms with E-state index in [-0.39, 0.29) is 11.7 Å². The van der Waals surface area contributed by atoms with Crippen LogP contribution in [0.1, 0.15) is 69.9 Å². The van der Waals surface area contributed by atoms with Crippen molar-refractivity contribution in [1.29, 1.82) is 0 Å². The van der Waals surface area contributed by atoms with Gasteiger partial charge in [0, 0.05) is 5.02 Å². The Morgan fingerprint density at radius 1 is 1.18 bits per heavy atom. The largest absolute Gasteiger partial charge is 0.303 e. The number of likely N-dealkylation sites (tertiary alicyclic amines) is 1. The van der Waals surface area contributed by atoms with E-state index in [1.807, 2.05) is 19.9 Å². The van der Waals surface area contributed by atoms with Crippen LogP contribution in [0.2, 0.25) is 5.02 Å². The third kappa shape index (κ3) is 4.45. The summed E-state index contributed by atoms with van der Waals surface area (Å²) in [5.74, 6) is 1.24. The summed E-state index contributed by atoms with van der Waals surface area (Å²) in [6.07, 6.45) is 3.31. The van der Waals surface area contributed by atoms with Crippen LogP contribution in [-0.4, -0.2) is 24.5 Å².